The number of nitrogens with zero attached hydrogens (tertiary/aromatic N) is 4. The first kappa shape index (κ1) is 42.1. The highest BCUT2D eigenvalue weighted by atomic mass is 79.9. The van der Waals surface area contributed by atoms with Crippen molar-refractivity contribution in [1.29, 1.82) is 0 Å². The third-order valence-corrected chi connectivity index (χ3v) is 11.1. The Morgan fingerprint density at radius 1 is 0.481 bits per heavy atom. The summed E-state index contributed by atoms with van der Waals surface area (Å²) in [6.07, 6.45) is 11.1. The molecule has 0 heterocycles. The zero-order valence-corrected chi connectivity index (χ0v) is 38.2. The van der Waals surface area contributed by atoms with E-state index in [0.717, 1.165) is 62.5 Å². The van der Waals surface area contributed by atoms with Gasteiger partial charge in [0.15, 0.2) is 11.6 Å². The van der Waals surface area contributed by atoms with Crippen LogP contribution in [0.5, 0.6) is 0 Å². The van der Waals surface area contributed by atoms with Crippen LogP contribution in [-0.4, -0.2) is 11.6 Å². The smallest absolute Gasteiger partial charge is 0.186 e. The monoisotopic (exact) mass is 954 g/mol. The Balaban J connectivity index is 1.63. The van der Waals surface area contributed by atoms with E-state index in [-0.39, 0.29) is 33.2 Å². The van der Waals surface area contributed by atoms with Crippen LogP contribution in [-0.2, 0) is 9.59 Å². The van der Waals surface area contributed by atoms with Gasteiger partial charge in [0.05, 0.1) is 12.4 Å². The lowest BCUT2D eigenvalue weighted by Gasteiger charge is -2.31. The van der Waals surface area contributed by atoms with Crippen molar-refractivity contribution >= 4 is 86.7 Å². The molecule has 0 bridgehead atoms. The SMILES string of the molecule is CC(C)(C)C1=CC(=CN=Nc2cc(Br)c(-c3cc(Br)c(N=NC=C4C=C(C(C)(C)C)C(=O)C(C(C)(C)C)=C4)c(Br)c3)cc2Br)C=C(C(C)(C)C)C1=O. The molecule has 6 nitrogen and oxygen atoms in total. The predicted molar refractivity (Wildman–Crippen MR) is 228 cm³/mol. The average Bonchev–Trinajstić information content (AvgIpc) is 2.98. The molecule has 0 spiro atoms. The van der Waals surface area contributed by atoms with Gasteiger partial charge in [0.1, 0.15) is 11.4 Å². The molecule has 0 N–H and O–H groups in total. The van der Waals surface area contributed by atoms with Crippen molar-refractivity contribution in [3.8, 4) is 11.1 Å². The van der Waals surface area contributed by atoms with E-state index < -0.39 is 0 Å². The van der Waals surface area contributed by atoms with Gasteiger partial charge in [0, 0.05) is 40.2 Å². The molecule has 0 saturated carbocycles. The number of azo groups is 2. The molecule has 0 radical (unpaired) electrons. The molecule has 2 aliphatic carbocycles. The van der Waals surface area contributed by atoms with Crippen LogP contribution in [0.2, 0.25) is 0 Å². The normalized spacial score (nSPS) is 16.4. The highest BCUT2D eigenvalue weighted by molar-refractivity contribution is 9.11. The molecule has 0 saturated heterocycles. The van der Waals surface area contributed by atoms with Gasteiger partial charge in [-0.25, -0.2) is 0 Å². The minimum atomic E-state index is -0.304. The summed E-state index contributed by atoms with van der Waals surface area (Å²) >= 11 is 14.8. The first-order valence-corrected chi connectivity index (χ1v) is 20.1. The Labute approximate surface area is 342 Å². The minimum Gasteiger partial charge on any atom is -0.289 e. The first-order chi connectivity index (χ1) is 23.8. The van der Waals surface area contributed by atoms with Crippen molar-refractivity contribution in [3.05, 3.63) is 112 Å². The molecule has 0 amide bonds. The van der Waals surface area contributed by atoms with E-state index in [1.54, 1.807) is 12.4 Å². The summed E-state index contributed by atoms with van der Waals surface area (Å²) < 4.78 is 3.11. The topological polar surface area (TPSA) is 83.6 Å². The number of allylic oxidation sites excluding steroid dienone is 10. The van der Waals surface area contributed by atoms with Gasteiger partial charge in [-0.15, -0.1) is 10.2 Å². The zero-order chi connectivity index (χ0) is 39.1. The molecule has 0 fully saturated rings. The van der Waals surface area contributed by atoms with Gasteiger partial charge < -0.3 is 0 Å². The van der Waals surface area contributed by atoms with Crippen LogP contribution < -0.4 is 0 Å². The molecule has 2 aromatic carbocycles. The van der Waals surface area contributed by atoms with Gasteiger partial charge in [0.25, 0.3) is 0 Å². The number of Topliss-reactive ketones (excluding diaryl/α,β-unsaturated/α-hetero) is 2. The van der Waals surface area contributed by atoms with Crippen LogP contribution in [0.1, 0.15) is 83.1 Å². The van der Waals surface area contributed by atoms with E-state index >= 15 is 0 Å². The average molecular weight is 958 g/mol. The predicted octanol–water partition coefficient (Wildman–Crippen LogP) is 15.4. The Morgan fingerprint density at radius 2 is 0.846 bits per heavy atom. The fraction of sp³-hybridized carbons (Fsp3) is 0.381. The Bertz CT molecular complexity index is 1990. The van der Waals surface area contributed by atoms with Gasteiger partial charge >= 0.3 is 0 Å². The molecular weight excluding hydrogens is 912 g/mol. The van der Waals surface area contributed by atoms with Crippen LogP contribution >= 0.6 is 63.7 Å². The fourth-order valence-corrected chi connectivity index (χ4v) is 7.97. The largest absolute Gasteiger partial charge is 0.289 e. The van der Waals surface area contributed by atoms with E-state index in [2.05, 4.69) is 84.2 Å². The van der Waals surface area contributed by atoms with Crippen LogP contribution in [0.15, 0.2) is 133 Å². The summed E-state index contributed by atoms with van der Waals surface area (Å²) in [7, 11) is 0. The number of carbonyl (C=O) groups is 2. The van der Waals surface area contributed by atoms with Crippen LogP contribution in [0.4, 0.5) is 11.4 Å². The second-order valence-corrected chi connectivity index (χ2v) is 20.6. The minimum absolute atomic E-state index is 0.0823. The van der Waals surface area contributed by atoms with E-state index in [1.165, 1.54) is 0 Å². The molecule has 0 aromatic heterocycles. The third kappa shape index (κ3) is 9.90. The molecule has 10 heteroatoms. The lowest BCUT2D eigenvalue weighted by molar-refractivity contribution is -0.114. The Morgan fingerprint density at radius 3 is 1.21 bits per heavy atom. The van der Waals surface area contributed by atoms with Crippen molar-refractivity contribution in [1.82, 2.24) is 0 Å². The highest BCUT2D eigenvalue weighted by Gasteiger charge is 2.35. The van der Waals surface area contributed by atoms with Crippen molar-refractivity contribution in [3.63, 3.8) is 0 Å². The van der Waals surface area contributed by atoms with Crippen molar-refractivity contribution in [2.45, 2.75) is 83.1 Å². The number of hydrogen-bond acceptors (Lipinski definition) is 6. The van der Waals surface area contributed by atoms with Gasteiger partial charge in [-0.1, -0.05) is 99.0 Å². The summed E-state index contributed by atoms with van der Waals surface area (Å²) in [4.78, 5) is 26.6. The molecule has 2 aliphatic rings. The van der Waals surface area contributed by atoms with E-state index in [0.29, 0.717) is 11.4 Å². The summed E-state index contributed by atoms with van der Waals surface area (Å²) in [5, 5.41) is 17.9. The van der Waals surface area contributed by atoms with Gasteiger partial charge in [0.2, 0.25) is 0 Å². The quantitative estimate of drug-likeness (QED) is 0.280. The maximum atomic E-state index is 13.3. The number of benzene rings is 2. The van der Waals surface area contributed by atoms with E-state index in [9.17, 15) is 9.59 Å². The molecule has 274 valence electrons. The summed E-state index contributed by atoms with van der Waals surface area (Å²) in [6.45, 7) is 24.6. The molecule has 0 unspecified atom stereocenters. The number of rotatable bonds is 5. The van der Waals surface area contributed by atoms with Crippen molar-refractivity contribution in [2.24, 2.45) is 42.1 Å². The zero-order valence-electron chi connectivity index (χ0n) is 31.9. The standard InChI is InChI=1S/C42H46Br4N4O2/c1-39(2,3)27-13-23(14-28(37(27)51)40(4,5)6)21-47-49-35-20-31(43)26(19-32(35)44)25-17-33(45)36(34(46)18-25)50-48-22-24-15-29(41(7,8)9)38(52)30(16-24)42(10,11)12/h13-22H,1-12H3. The highest BCUT2D eigenvalue weighted by Crippen LogP contribution is 2.44. The molecular formula is C42H46Br4N4O2. The number of halogens is 4. The molecule has 2 aromatic rings. The number of ketones is 2. The second kappa shape index (κ2) is 15.6. The molecule has 4 rings (SSSR count). The molecule has 52 heavy (non-hydrogen) atoms. The number of hydrogen-bond donors (Lipinski definition) is 0. The maximum Gasteiger partial charge on any atom is 0.186 e. The fourth-order valence-electron chi connectivity index (χ4n) is 5.64. The van der Waals surface area contributed by atoms with Crippen molar-refractivity contribution in [2.75, 3.05) is 0 Å². The maximum absolute atomic E-state index is 13.3. The lowest BCUT2D eigenvalue weighted by atomic mass is 9.72. The van der Waals surface area contributed by atoms with Gasteiger partial charge in [-0.05, 0) is 140 Å². The van der Waals surface area contributed by atoms with Gasteiger partial charge in [-0.2, -0.15) is 10.2 Å². The lowest BCUT2D eigenvalue weighted by Crippen LogP contribution is -2.27. The van der Waals surface area contributed by atoms with Crippen LogP contribution in [0, 0.1) is 21.7 Å². The summed E-state index contributed by atoms with van der Waals surface area (Å²) in [5.74, 6) is 0.166. The van der Waals surface area contributed by atoms with Gasteiger partial charge in [-0.3, -0.25) is 9.59 Å². The van der Waals surface area contributed by atoms with E-state index in [1.807, 2.05) is 132 Å². The third-order valence-electron chi connectivity index (χ3n) is 8.56. The molecule has 0 aliphatic heterocycles. The van der Waals surface area contributed by atoms with Crippen LogP contribution in [0.25, 0.3) is 11.1 Å². The molecule has 0 atom stereocenters. The Hall–Kier alpha value is -2.66. The van der Waals surface area contributed by atoms with E-state index in [4.69, 9.17) is 0 Å². The second-order valence-electron chi connectivity index (χ2n) is 17.2. The number of carbonyl (C=O) groups excluding carboxylic acids is 2. The summed E-state index contributed by atoms with van der Waals surface area (Å²) in [5.41, 5.74) is 6.64. The first-order valence-electron chi connectivity index (χ1n) is 17.0. The Kier molecular flexibility index (Phi) is 12.6. The van der Waals surface area contributed by atoms with Crippen LogP contribution in [0.3, 0.4) is 0 Å². The summed E-state index contributed by atoms with van der Waals surface area (Å²) in [6, 6.07) is 7.87. The van der Waals surface area contributed by atoms with Crippen molar-refractivity contribution < 1.29 is 9.59 Å².